The molecule has 0 aromatic heterocycles. The second kappa shape index (κ2) is 7.66. The topological polar surface area (TPSA) is 41.1 Å². The van der Waals surface area contributed by atoms with E-state index in [-0.39, 0.29) is 0 Å². The largest absolute Gasteiger partial charge is 0.381 e. The summed E-state index contributed by atoms with van der Waals surface area (Å²) in [6, 6.07) is 8.88. The number of rotatable bonds is 6. The second-order valence-electron chi connectivity index (χ2n) is 6.83. The summed E-state index contributed by atoms with van der Waals surface area (Å²) in [4.78, 5) is 12.2. The summed E-state index contributed by atoms with van der Waals surface area (Å²) in [6.07, 6.45) is 11.1. The summed E-state index contributed by atoms with van der Waals surface area (Å²) >= 11 is 0. The molecule has 2 fully saturated rings. The first-order valence-corrected chi connectivity index (χ1v) is 8.95. The zero-order valence-corrected chi connectivity index (χ0v) is 13.4. The van der Waals surface area contributed by atoms with Crippen molar-refractivity contribution in [3.05, 3.63) is 24.3 Å². The van der Waals surface area contributed by atoms with E-state index < -0.39 is 0 Å². The average molecular weight is 300 g/mol. The Labute approximate surface area is 133 Å². The maximum absolute atomic E-state index is 12.2. The summed E-state index contributed by atoms with van der Waals surface area (Å²) in [7, 11) is 0. The monoisotopic (exact) mass is 300 g/mol. The van der Waals surface area contributed by atoms with Crippen molar-refractivity contribution in [2.75, 3.05) is 17.2 Å². The van der Waals surface area contributed by atoms with Crippen LogP contribution in [-0.4, -0.2) is 18.4 Å². The maximum Gasteiger partial charge on any atom is 0.154 e. The highest BCUT2D eigenvalue weighted by Crippen LogP contribution is 2.28. The van der Waals surface area contributed by atoms with Gasteiger partial charge in [-0.1, -0.05) is 44.2 Å². The van der Waals surface area contributed by atoms with Crippen LogP contribution in [0.3, 0.4) is 0 Å². The van der Waals surface area contributed by atoms with E-state index in [1.165, 1.54) is 44.9 Å². The van der Waals surface area contributed by atoms with Gasteiger partial charge in [-0.3, -0.25) is 4.79 Å². The van der Waals surface area contributed by atoms with Gasteiger partial charge in [-0.25, -0.2) is 0 Å². The molecule has 1 aromatic rings. The van der Waals surface area contributed by atoms with E-state index in [1.54, 1.807) is 0 Å². The number of hydrogen-bond donors (Lipinski definition) is 2. The molecule has 2 aliphatic rings. The fourth-order valence-corrected chi connectivity index (χ4v) is 3.80. The molecule has 1 aromatic carbocycles. The van der Waals surface area contributed by atoms with Crippen LogP contribution in [0, 0.1) is 5.92 Å². The number of nitrogens with one attached hydrogen (secondary N) is 2. The molecule has 2 N–H and O–H groups in total. The molecule has 22 heavy (non-hydrogen) atoms. The number of anilines is 2. The van der Waals surface area contributed by atoms with Crippen LogP contribution in [0.1, 0.15) is 57.8 Å². The van der Waals surface area contributed by atoms with Crippen molar-refractivity contribution in [2.45, 2.75) is 63.8 Å². The minimum Gasteiger partial charge on any atom is -0.381 e. The Morgan fingerprint density at radius 1 is 0.909 bits per heavy atom. The van der Waals surface area contributed by atoms with Crippen LogP contribution < -0.4 is 10.6 Å². The fourth-order valence-electron chi connectivity index (χ4n) is 3.80. The standard InChI is InChI=1S/C19H28N2O/c22-19(15-8-4-5-9-15)14-20-17-12-6-7-13-18(17)21-16-10-2-1-3-11-16/h6-7,12-13,15-16,20-21H,1-5,8-11,14H2. The van der Waals surface area contributed by atoms with E-state index in [9.17, 15) is 4.79 Å². The van der Waals surface area contributed by atoms with E-state index in [0.29, 0.717) is 24.3 Å². The predicted octanol–water partition coefficient (Wildman–Crippen LogP) is 4.60. The summed E-state index contributed by atoms with van der Waals surface area (Å²) in [5.41, 5.74) is 2.22. The summed E-state index contributed by atoms with van der Waals surface area (Å²) in [5, 5.41) is 7.04. The van der Waals surface area contributed by atoms with Crippen molar-refractivity contribution in [3.63, 3.8) is 0 Å². The minimum absolute atomic E-state index is 0.297. The number of hydrogen-bond acceptors (Lipinski definition) is 3. The van der Waals surface area contributed by atoms with Crippen molar-refractivity contribution in [1.29, 1.82) is 0 Å². The van der Waals surface area contributed by atoms with Crippen LogP contribution in [0.2, 0.25) is 0 Å². The van der Waals surface area contributed by atoms with Gasteiger partial charge >= 0.3 is 0 Å². The third kappa shape index (κ3) is 4.02. The van der Waals surface area contributed by atoms with Gasteiger partial charge in [0.25, 0.3) is 0 Å². The lowest BCUT2D eigenvalue weighted by Gasteiger charge is -2.25. The molecule has 0 heterocycles. The molecule has 0 saturated heterocycles. The molecule has 120 valence electrons. The maximum atomic E-state index is 12.2. The number of ketones is 1. The highest BCUT2D eigenvalue weighted by atomic mass is 16.1. The fraction of sp³-hybridized carbons (Fsp3) is 0.632. The van der Waals surface area contributed by atoms with Crippen LogP contribution in [0.4, 0.5) is 11.4 Å². The molecule has 3 rings (SSSR count). The molecule has 0 bridgehead atoms. The molecular formula is C19H28N2O. The Morgan fingerprint density at radius 3 is 2.27 bits per heavy atom. The lowest BCUT2D eigenvalue weighted by atomic mass is 9.95. The highest BCUT2D eigenvalue weighted by Gasteiger charge is 2.22. The molecule has 0 aliphatic heterocycles. The lowest BCUT2D eigenvalue weighted by Crippen LogP contribution is -2.24. The molecule has 0 atom stereocenters. The van der Waals surface area contributed by atoms with Gasteiger partial charge in [-0.05, 0) is 37.8 Å². The summed E-state index contributed by atoms with van der Waals surface area (Å²) in [6.45, 7) is 0.466. The smallest absolute Gasteiger partial charge is 0.154 e. The van der Waals surface area contributed by atoms with Gasteiger partial charge < -0.3 is 10.6 Å². The molecule has 3 nitrogen and oxygen atoms in total. The number of carbonyl (C=O) groups is 1. The molecule has 0 amide bonds. The molecule has 2 aliphatic carbocycles. The van der Waals surface area contributed by atoms with Crippen molar-refractivity contribution in [3.8, 4) is 0 Å². The Bertz CT molecular complexity index is 488. The molecule has 0 unspecified atom stereocenters. The Morgan fingerprint density at radius 2 is 1.55 bits per heavy atom. The van der Waals surface area contributed by atoms with Crippen LogP contribution in [0.25, 0.3) is 0 Å². The van der Waals surface area contributed by atoms with Crippen molar-refractivity contribution in [1.82, 2.24) is 0 Å². The predicted molar refractivity (Wildman–Crippen MR) is 92.4 cm³/mol. The number of benzene rings is 1. The number of carbonyl (C=O) groups excluding carboxylic acids is 1. The normalized spacial score (nSPS) is 20.0. The quantitative estimate of drug-likeness (QED) is 0.806. The van der Waals surface area contributed by atoms with Crippen LogP contribution in [0.15, 0.2) is 24.3 Å². The first kappa shape index (κ1) is 15.4. The summed E-state index contributed by atoms with van der Waals surface area (Å²) in [5.74, 6) is 0.677. The molecular weight excluding hydrogens is 272 g/mol. The molecule has 0 radical (unpaired) electrons. The molecule has 0 spiro atoms. The Kier molecular flexibility index (Phi) is 5.36. The van der Waals surface area contributed by atoms with Crippen molar-refractivity contribution >= 4 is 17.2 Å². The molecule has 3 heteroatoms. The van der Waals surface area contributed by atoms with Crippen LogP contribution in [-0.2, 0) is 4.79 Å². The van der Waals surface area contributed by atoms with E-state index in [2.05, 4.69) is 28.8 Å². The van der Waals surface area contributed by atoms with Gasteiger partial charge in [0, 0.05) is 12.0 Å². The van der Waals surface area contributed by atoms with E-state index in [0.717, 1.165) is 24.2 Å². The van der Waals surface area contributed by atoms with Crippen molar-refractivity contribution in [2.24, 2.45) is 5.92 Å². The highest BCUT2D eigenvalue weighted by molar-refractivity contribution is 5.86. The van der Waals surface area contributed by atoms with Gasteiger partial charge in [0.1, 0.15) is 0 Å². The first-order chi connectivity index (χ1) is 10.8. The zero-order chi connectivity index (χ0) is 15.2. The third-order valence-corrected chi connectivity index (χ3v) is 5.16. The van der Waals surface area contributed by atoms with Gasteiger partial charge in [0.2, 0.25) is 0 Å². The zero-order valence-electron chi connectivity index (χ0n) is 13.4. The first-order valence-electron chi connectivity index (χ1n) is 8.95. The van der Waals surface area contributed by atoms with E-state index in [4.69, 9.17) is 0 Å². The minimum atomic E-state index is 0.297. The van der Waals surface area contributed by atoms with Gasteiger partial charge in [-0.2, -0.15) is 0 Å². The number of para-hydroxylation sites is 2. The van der Waals surface area contributed by atoms with Crippen LogP contribution >= 0.6 is 0 Å². The lowest BCUT2D eigenvalue weighted by molar-refractivity contribution is -0.120. The van der Waals surface area contributed by atoms with Crippen LogP contribution in [0.5, 0.6) is 0 Å². The molecule has 2 saturated carbocycles. The Hall–Kier alpha value is -1.51. The van der Waals surface area contributed by atoms with Gasteiger partial charge in [-0.15, -0.1) is 0 Å². The third-order valence-electron chi connectivity index (χ3n) is 5.16. The van der Waals surface area contributed by atoms with E-state index in [1.807, 2.05) is 6.07 Å². The van der Waals surface area contributed by atoms with Gasteiger partial charge in [0.15, 0.2) is 5.78 Å². The average Bonchev–Trinajstić information content (AvgIpc) is 3.09. The summed E-state index contributed by atoms with van der Waals surface area (Å²) < 4.78 is 0. The van der Waals surface area contributed by atoms with Crippen molar-refractivity contribution < 1.29 is 4.79 Å². The SMILES string of the molecule is O=C(CNc1ccccc1NC1CCCCC1)C1CCCC1. The second-order valence-corrected chi connectivity index (χ2v) is 6.83. The van der Waals surface area contributed by atoms with E-state index >= 15 is 0 Å². The van der Waals surface area contributed by atoms with Gasteiger partial charge in [0.05, 0.1) is 17.9 Å². The number of Topliss-reactive ketones (excluding diaryl/α,β-unsaturated/α-hetero) is 1. The Balaban J connectivity index is 1.57.